The lowest BCUT2D eigenvalue weighted by atomic mass is 10.2. The number of nitrogens with zero attached hydrogens (tertiary/aromatic N) is 2. The van der Waals surface area contributed by atoms with E-state index in [1.54, 1.807) is 37.3 Å². The van der Waals surface area contributed by atoms with Crippen LogP contribution in [0.4, 0.5) is 0 Å². The van der Waals surface area contributed by atoms with Crippen LogP contribution in [-0.2, 0) is 46.3 Å². The minimum atomic E-state index is -3.53. The van der Waals surface area contributed by atoms with Gasteiger partial charge in [0.05, 0.1) is 33.2 Å². The zero-order valence-corrected chi connectivity index (χ0v) is 21.1. The first-order chi connectivity index (χ1) is 16.0. The van der Waals surface area contributed by atoms with Gasteiger partial charge in [-0.25, -0.2) is 16.8 Å². The van der Waals surface area contributed by atoms with Crippen molar-refractivity contribution >= 4 is 53.1 Å². The van der Waals surface area contributed by atoms with Crippen molar-refractivity contribution < 1.29 is 31.2 Å². The van der Waals surface area contributed by atoms with E-state index in [9.17, 15) is 26.4 Å². The molecule has 0 bridgehead atoms. The second-order valence-corrected chi connectivity index (χ2v) is 12.7. The first-order valence-corrected chi connectivity index (χ1v) is 14.8. The van der Waals surface area contributed by atoms with Crippen molar-refractivity contribution in [3.8, 4) is 0 Å². The van der Waals surface area contributed by atoms with E-state index in [2.05, 4.69) is 4.99 Å². The van der Waals surface area contributed by atoms with Crippen molar-refractivity contribution in [2.75, 3.05) is 18.6 Å². The van der Waals surface area contributed by atoms with Crippen LogP contribution in [0, 0.1) is 0 Å². The van der Waals surface area contributed by atoms with Gasteiger partial charge in [-0.2, -0.15) is 4.99 Å². The van der Waals surface area contributed by atoms with E-state index in [-0.39, 0.29) is 40.8 Å². The van der Waals surface area contributed by atoms with Gasteiger partial charge < -0.3 is 9.30 Å². The molecule has 1 heterocycles. The third-order valence-corrected chi connectivity index (χ3v) is 8.50. The van der Waals surface area contributed by atoms with E-state index in [1.807, 2.05) is 0 Å². The number of esters is 1. The molecule has 0 aliphatic rings. The van der Waals surface area contributed by atoms with Crippen LogP contribution >= 0.6 is 11.3 Å². The van der Waals surface area contributed by atoms with Crippen LogP contribution < -0.4 is 4.80 Å². The van der Waals surface area contributed by atoms with Gasteiger partial charge in [-0.3, -0.25) is 9.59 Å². The van der Waals surface area contributed by atoms with Crippen molar-refractivity contribution in [3.05, 3.63) is 58.9 Å². The highest BCUT2D eigenvalue weighted by molar-refractivity contribution is 7.91. The molecule has 0 unspecified atom stereocenters. The lowest BCUT2D eigenvalue weighted by Crippen LogP contribution is -2.23. The van der Waals surface area contributed by atoms with Gasteiger partial charge in [-0.1, -0.05) is 41.7 Å². The standard InChI is InChI=1S/C22H24N2O7S3/c1-3-31-21(26)14-24-18-10-9-17(33(2,27)28)13-19(18)32-22(24)23-20(25)11-12-34(29,30)15-16-7-5-4-6-8-16/h4-10,13H,3,11-12,14-15H2,1-2H3. The summed E-state index contributed by atoms with van der Waals surface area (Å²) in [6, 6.07) is 13.1. The molecule has 2 aromatic carbocycles. The number of rotatable bonds is 9. The minimum absolute atomic E-state index is 0.0921. The SMILES string of the molecule is CCOC(=O)Cn1c(=NC(=O)CCS(=O)(=O)Cc2ccccc2)sc2cc(S(C)(=O)=O)ccc21. The zero-order chi connectivity index (χ0) is 24.9. The molecule has 0 saturated carbocycles. The lowest BCUT2D eigenvalue weighted by molar-refractivity contribution is -0.143. The predicted octanol–water partition coefficient (Wildman–Crippen LogP) is 2.10. The largest absolute Gasteiger partial charge is 0.465 e. The van der Waals surface area contributed by atoms with Gasteiger partial charge >= 0.3 is 5.97 Å². The Kier molecular flexibility index (Phi) is 8.05. The van der Waals surface area contributed by atoms with Crippen LogP contribution in [-0.4, -0.2) is 51.9 Å². The van der Waals surface area contributed by atoms with Gasteiger partial charge in [0.25, 0.3) is 0 Å². The molecule has 0 saturated heterocycles. The summed E-state index contributed by atoms with van der Waals surface area (Å²) in [5.74, 6) is -1.76. The fourth-order valence-electron chi connectivity index (χ4n) is 3.16. The molecule has 0 N–H and O–H groups in total. The monoisotopic (exact) mass is 524 g/mol. The number of carbonyl (C=O) groups excluding carboxylic acids is 2. The number of hydrogen-bond acceptors (Lipinski definition) is 8. The van der Waals surface area contributed by atoms with Crippen molar-refractivity contribution in [3.63, 3.8) is 0 Å². The lowest BCUT2D eigenvalue weighted by Gasteiger charge is -2.06. The molecule has 0 fully saturated rings. The maximum absolute atomic E-state index is 12.5. The number of carbonyl (C=O) groups is 2. The maximum Gasteiger partial charge on any atom is 0.326 e. The predicted molar refractivity (Wildman–Crippen MR) is 129 cm³/mol. The molecule has 3 rings (SSSR count). The van der Waals surface area contributed by atoms with Crippen LogP contribution in [0.5, 0.6) is 0 Å². The third-order valence-electron chi connectivity index (χ3n) is 4.75. The van der Waals surface area contributed by atoms with Crippen LogP contribution in [0.2, 0.25) is 0 Å². The Morgan fingerprint density at radius 1 is 1.06 bits per heavy atom. The topological polar surface area (TPSA) is 129 Å². The summed E-state index contributed by atoms with van der Waals surface area (Å²) in [5, 5.41) is 0. The van der Waals surface area contributed by atoms with E-state index >= 15 is 0 Å². The van der Waals surface area contributed by atoms with Crippen molar-refractivity contribution in [2.24, 2.45) is 4.99 Å². The van der Waals surface area contributed by atoms with Crippen LogP contribution in [0.15, 0.2) is 58.4 Å². The van der Waals surface area contributed by atoms with Crippen molar-refractivity contribution in [2.45, 2.75) is 30.5 Å². The number of benzene rings is 2. The van der Waals surface area contributed by atoms with Gasteiger partial charge in [0.15, 0.2) is 24.5 Å². The number of amides is 1. The van der Waals surface area contributed by atoms with Crippen molar-refractivity contribution in [1.82, 2.24) is 4.57 Å². The molecule has 3 aromatic rings. The summed E-state index contributed by atoms with van der Waals surface area (Å²) in [6.07, 6.45) is 0.760. The Hall–Kier alpha value is -2.83. The number of thiazole rings is 1. The molecule has 9 nitrogen and oxygen atoms in total. The Bertz CT molecular complexity index is 1490. The summed E-state index contributed by atoms with van der Waals surface area (Å²) < 4.78 is 55.6. The minimum Gasteiger partial charge on any atom is -0.465 e. The Balaban J connectivity index is 1.90. The van der Waals surface area contributed by atoms with E-state index < -0.39 is 31.6 Å². The summed E-state index contributed by atoms with van der Waals surface area (Å²) in [5.41, 5.74) is 1.14. The third kappa shape index (κ3) is 6.84. The quantitative estimate of drug-likeness (QED) is 0.392. The molecular formula is C22H24N2O7S3. The molecule has 12 heteroatoms. The molecule has 34 heavy (non-hydrogen) atoms. The Morgan fingerprint density at radius 3 is 2.41 bits per heavy atom. The molecule has 0 radical (unpaired) electrons. The van der Waals surface area contributed by atoms with Crippen LogP contribution in [0.3, 0.4) is 0 Å². The van der Waals surface area contributed by atoms with Gasteiger partial charge in [0, 0.05) is 12.7 Å². The van der Waals surface area contributed by atoms with Crippen LogP contribution in [0.1, 0.15) is 18.9 Å². The first-order valence-electron chi connectivity index (χ1n) is 10.3. The number of sulfone groups is 2. The number of fused-ring (bicyclic) bond motifs is 1. The van der Waals surface area contributed by atoms with E-state index in [0.717, 1.165) is 17.6 Å². The summed E-state index contributed by atoms with van der Waals surface area (Å²) >= 11 is 1.03. The molecule has 182 valence electrons. The number of ether oxygens (including phenoxy) is 1. The fourth-order valence-corrected chi connectivity index (χ4v) is 6.30. The maximum atomic E-state index is 12.5. The molecule has 0 aliphatic carbocycles. The van der Waals surface area contributed by atoms with Gasteiger partial charge in [0.2, 0.25) is 5.91 Å². The van der Waals surface area contributed by atoms with E-state index in [1.165, 1.54) is 22.8 Å². The summed E-state index contributed by atoms with van der Waals surface area (Å²) in [6.45, 7) is 1.60. The van der Waals surface area contributed by atoms with Gasteiger partial charge in [-0.15, -0.1) is 0 Å². The van der Waals surface area contributed by atoms with E-state index in [0.29, 0.717) is 15.8 Å². The number of aromatic nitrogens is 1. The second kappa shape index (κ2) is 10.6. The molecule has 0 aliphatic heterocycles. The molecule has 0 spiro atoms. The summed E-state index contributed by atoms with van der Waals surface area (Å²) in [4.78, 5) is 28.9. The van der Waals surface area contributed by atoms with E-state index in [4.69, 9.17) is 4.74 Å². The molecule has 1 amide bonds. The van der Waals surface area contributed by atoms with Crippen molar-refractivity contribution in [1.29, 1.82) is 0 Å². The zero-order valence-electron chi connectivity index (χ0n) is 18.6. The highest BCUT2D eigenvalue weighted by atomic mass is 32.2. The molecule has 1 aromatic heterocycles. The van der Waals surface area contributed by atoms with Gasteiger partial charge in [-0.05, 0) is 30.7 Å². The average Bonchev–Trinajstić information content (AvgIpc) is 3.08. The first kappa shape index (κ1) is 25.8. The fraction of sp³-hybridized carbons (Fsp3) is 0.318. The Morgan fingerprint density at radius 2 is 1.76 bits per heavy atom. The highest BCUT2D eigenvalue weighted by Gasteiger charge is 2.17. The molecular weight excluding hydrogens is 500 g/mol. The summed E-state index contributed by atoms with van der Waals surface area (Å²) in [7, 11) is -6.99. The Labute approximate surface area is 201 Å². The highest BCUT2D eigenvalue weighted by Crippen LogP contribution is 2.22. The average molecular weight is 525 g/mol. The normalized spacial score (nSPS) is 12.7. The second-order valence-electron chi connectivity index (χ2n) is 7.51. The van der Waals surface area contributed by atoms with Crippen LogP contribution in [0.25, 0.3) is 10.2 Å². The molecule has 0 atom stereocenters. The van der Waals surface area contributed by atoms with Gasteiger partial charge in [0.1, 0.15) is 6.54 Å². The smallest absolute Gasteiger partial charge is 0.326 e. The number of hydrogen-bond donors (Lipinski definition) is 0.